The van der Waals surface area contributed by atoms with Crippen LogP contribution in [0.5, 0.6) is 5.75 Å². The lowest BCUT2D eigenvalue weighted by molar-refractivity contribution is -0.156. The molecule has 2 aromatic carbocycles. The Balaban J connectivity index is 1.77. The van der Waals surface area contributed by atoms with Crippen LogP contribution < -0.4 is 4.74 Å². The quantitative estimate of drug-likeness (QED) is 0.748. The van der Waals surface area contributed by atoms with Crippen molar-refractivity contribution >= 4 is 11.7 Å². The number of carbonyl (C=O) groups excluding carboxylic acids is 1. The van der Waals surface area contributed by atoms with E-state index in [-0.39, 0.29) is 17.8 Å². The number of esters is 1. The smallest absolute Gasteiger partial charge is 0.332 e. The first kappa shape index (κ1) is 17.8. The summed E-state index contributed by atoms with van der Waals surface area (Å²) in [6.07, 6.45) is 0. The van der Waals surface area contributed by atoms with E-state index < -0.39 is 11.6 Å². The number of carbonyl (C=O) groups is 1. The Bertz CT molecular complexity index is 893. The van der Waals surface area contributed by atoms with Crippen LogP contribution in [0, 0.1) is 12.8 Å². The van der Waals surface area contributed by atoms with Crippen molar-refractivity contribution < 1.29 is 14.3 Å². The third kappa shape index (κ3) is 3.36. The molecule has 4 heteroatoms. The van der Waals surface area contributed by atoms with Gasteiger partial charge in [-0.1, -0.05) is 42.0 Å². The molecule has 0 radical (unpaired) electrons. The molecule has 0 N–H and O–H groups in total. The molecule has 0 saturated heterocycles. The third-order valence-electron chi connectivity index (χ3n) is 5.09. The van der Waals surface area contributed by atoms with Gasteiger partial charge in [-0.3, -0.25) is 4.99 Å². The lowest BCUT2D eigenvalue weighted by Gasteiger charge is -2.30. The van der Waals surface area contributed by atoms with Gasteiger partial charge in [-0.2, -0.15) is 0 Å². The fraction of sp³-hybridized carbons (Fsp3) is 0.391. The summed E-state index contributed by atoms with van der Waals surface area (Å²) in [4.78, 5) is 17.9. The molecule has 2 aliphatic rings. The number of hydrogen-bond acceptors (Lipinski definition) is 4. The van der Waals surface area contributed by atoms with Gasteiger partial charge >= 0.3 is 5.97 Å². The topological polar surface area (TPSA) is 47.9 Å². The first-order valence-corrected chi connectivity index (χ1v) is 9.43. The largest absolute Gasteiger partial charge is 0.492 e. The van der Waals surface area contributed by atoms with E-state index in [1.165, 1.54) is 5.56 Å². The van der Waals surface area contributed by atoms with E-state index in [0.29, 0.717) is 6.61 Å². The van der Waals surface area contributed by atoms with Crippen molar-refractivity contribution in [3.8, 4) is 5.75 Å². The van der Waals surface area contributed by atoms with E-state index in [0.717, 1.165) is 22.6 Å². The van der Waals surface area contributed by atoms with E-state index in [1.54, 1.807) is 0 Å². The highest BCUT2D eigenvalue weighted by Gasteiger charge is 2.47. The lowest BCUT2D eigenvalue weighted by atomic mass is 9.79. The van der Waals surface area contributed by atoms with Crippen molar-refractivity contribution in [2.24, 2.45) is 10.9 Å². The van der Waals surface area contributed by atoms with Crippen molar-refractivity contribution in [2.45, 2.75) is 45.3 Å². The number of aryl methyl sites for hydroxylation is 1. The van der Waals surface area contributed by atoms with Gasteiger partial charge in [-0.25, -0.2) is 4.79 Å². The molecule has 4 rings (SSSR count). The molecule has 0 bridgehead atoms. The molecular weight excluding hydrogens is 338 g/mol. The third-order valence-corrected chi connectivity index (χ3v) is 5.09. The molecule has 27 heavy (non-hydrogen) atoms. The average Bonchev–Trinajstić information content (AvgIpc) is 3.01. The molecule has 0 unspecified atom stereocenters. The molecule has 2 aromatic rings. The summed E-state index contributed by atoms with van der Waals surface area (Å²) in [5.41, 5.74) is 3.69. The summed E-state index contributed by atoms with van der Waals surface area (Å²) in [6, 6.07) is 15.7. The highest BCUT2D eigenvalue weighted by molar-refractivity contribution is 6.09. The van der Waals surface area contributed by atoms with Crippen LogP contribution in [0.25, 0.3) is 0 Å². The molecule has 0 saturated carbocycles. The summed E-state index contributed by atoms with van der Waals surface area (Å²) in [5, 5.41) is 0. The van der Waals surface area contributed by atoms with E-state index in [2.05, 4.69) is 31.2 Å². The molecule has 0 fully saturated rings. The molecular formula is C23H25NO3. The first-order valence-electron chi connectivity index (χ1n) is 9.43. The number of benzene rings is 2. The number of fused-ring (bicyclic) bond motifs is 3. The standard InChI is InChI=1S/C23H25NO3/c1-14-9-11-15(12-10-14)19-17-13-26-18-8-6-5-7-16(18)20(17)24-21(19)22(25)27-23(2,3)4/h5-12,17,19,21H,13H2,1-4H3/t17-,19-,21-/m1/s1. The Labute approximate surface area is 160 Å². The zero-order chi connectivity index (χ0) is 19.2. The monoisotopic (exact) mass is 363 g/mol. The Kier molecular flexibility index (Phi) is 4.29. The minimum Gasteiger partial charge on any atom is -0.492 e. The molecule has 0 aromatic heterocycles. The highest BCUT2D eigenvalue weighted by Crippen LogP contribution is 2.43. The number of aliphatic imine (C=N–C) groups is 1. The normalized spacial score (nSPS) is 23.7. The summed E-state index contributed by atoms with van der Waals surface area (Å²) >= 11 is 0. The number of para-hydroxylation sites is 1. The molecule has 140 valence electrons. The number of hydrogen-bond donors (Lipinski definition) is 0. The van der Waals surface area contributed by atoms with Crippen LogP contribution in [0.15, 0.2) is 53.5 Å². The van der Waals surface area contributed by atoms with Crippen molar-refractivity contribution in [1.82, 2.24) is 0 Å². The van der Waals surface area contributed by atoms with Crippen LogP contribution in [0.4, 0.5) is 0 Å². The zero-order valence-corrected chi connectivity index (χ0v) is 16.2. The Morgan fingerprint density at radius 2 is 1.81 bits per heavy atom. The van der Waals surface area contributed by atoms with E-state index in [1.807, 2.05) is 45.0 Å². The first-order chi connectivity index (χ1) is 12.8. The molecule has 0 spiro atoms. The minimum absolute atomic E-state index is 0.0418. The number of ether oxygens (including phenoxy) is 2. The highest BCUT2D eigenvalue weighted by atomic mass is 16.6. The van der Waals surface area contributed by atoms with E-state index >= 15 is 0 Å². The second-order valence-corrected chi connectivity index (χ2v) is 8.34. The van der Waals surface area contributed by atoms with E-state index in [9.17, 15) is 4.79 Å². The van der Waals surface area contributed by atoms with Crippen LogP contribution in [-0.4, -0.2) is 29.9 Å². The fourth-order valence-electron chi connectivity index (χ4n) is 3.92. The van der Waals surface area contributed by atoms with Gasteiger partial charge in [0.05, 0.1) is 12.3 Å². The number of nitrogens with zero attached hydrogens (tertiary/aromatic N) is 1. The average molecular weight is 363 g/mol. The summed E-state index contributed by atoms with van der Waals surface area (Å²) in [7, 11) is 0. The second-order valence-electron chi connectivity index (χ2n) is 8.34. The molecule has 0 amide bonds. The molecule has 4 nitrogen and oxygen atoms in total. The van der Waals surface area contributed by atoms with E-state index in [4.69, 9.17) is 14.5 Å². The fourth-order valence-corrected chi connectivity index (χ4v) is 3.92. The Hall–Kier alpha value is -2.62. The Morgan fingerprint density at radius 1 is 1.11 bits per heavy atom. The second kappa shape index (κ2) is 6.52. The van der Waals surface area contributed by atoms with Gasteiger partial charge in [0.2, 0.25) is 0 Å². The van der Waals surface area contributed by atoms with Gasteiger partial charge in [0.15, 0.2) is 6.04 Å². The predicted octanol–water partition coefficient (Wildman–Crippen LogP) is 4.30. The zero-order valence-electron chi connectivity index (χ0n) is 16.2. The van der Waals surface area contributed by atoms with Gasteiger partial charge < -0.3 is 9.47 Å². The van der Waals surface area contributed by atoms with Crippen LogP contribution in [-0.2, 0) is 9.53 Å². The van der Waals surface area contributed by atoms with Gasteiger partial charge in [-0.15, -0.1) is 0 Å². The Morgan fingerprint density at radius 3 is 2.52 bits per heavy atom. The van der Waals surface area contributed by atoms with Gasteiger partial charge in [-0.05, 0) is 45.4 Å². The van der Waals surface area contributed by atoms with Crippen molar-refractivity contribution in [3.05, 3.63) is 65.2 Å². The van der Waals surface area contributed by atoms with Crippen molar-refractivity contribution in [2.75, 3.05) is 6.61 Å². The summed E-state index contributed by atoms with van der Waals surface area (Å²) in [6.45, 7) is 8.25. The maximum atomic E-state index is 13.0. The molecule has 2 aliphatic heterocycles. The van der Waals surface area contributed by atoms with Crippen molar-refractivity contribution in [3.63, 3.8) is 0 Å². The number of rotatable bonds is 2. The maximum absolute atomic E-state index is 13.0. The maximum Gasteiger partial charge on any atom is 0.332 e. The van der Waals surface area contributed by atoms with Crippen molar-refractivity contribution in [1.29, 1.82) is 0 Å². The van der Waals surface area contributed by atoms with Crippen LogP contribution >= 0.6 is 0 Å². The molecule has 2 heterocycles. The van der Waals surface area contributed by atoms with Crippen LogP contribution in [0.2, 0.25) is 0 Å². The minimum atomic E-state index is -0.554. The van der Waals surface area contributed by atoms with Crippen LogP contribution in [0.3, 0.4) is 0 Å². The van der Waals surface area contributed by atoms with Gasteiger partial charge in [0, 0.05) is 17.4 Å². The summed E-state index contributed by atoms with van der Waals surface area (Å²) < 4.78 is 11.7. The molecule has 0 aliphatic carbocycles. The SMILES string of the molecule is Cc1ccc([C@@H]2[C@H]3COc4ccccc4C3=N[C@H]2C(=O)OC(C)(C)C)cc1. The summed E-state index contributed by atoms with van der Waals surface area (Å²) in [5.74, 6) is 0.524. The molecule has 3 atom stereocenters. The van der Waals surface area contributed by atoms with Gasteiger partial charge in [0.1, 0.15) is 11.4 Å². The predicted molar refractivity (Wildman–Crippen MR) is 106 cm³/mol. The lowest BCUT2D eigenvalue weighted by Crippen LogP contribution is -2.36. The van der Waals surface area contributed by atoms with Gasteiger partial charge in [0.25, 0.3) is 0 Å². The van der Waals surface area contributed by atoms with Crippen LogP contribution in [0.1, 0.15) is 43.4 Å².